The monoisotopic (exact) mass is 262 g/mol. The van der Waals surface area contributed by atoms with Crippen molar-refractivity contribution in [1.29, 1.82) is 0 Å². The Kier molecular flexibility index (Phi) is 3.74. The molecular formula is C13H11FN2OS. The van der Waals surface area contributed by atoms with Crippen molar-refractivity contribution in [3.63, 3.8) is 0 Å². The zero-order valence-corrected chi connectivity index (χ0v) is 10.2. The van der Waals surface area contributed by atoms with Crippen molar-refractivity contribution in [2.24, 2.45) is 0 Å². The first-order chi connectivity index (χ1) is 8.65. The van der Waals surface area contributed by atoms with Crippen LogP contribution in [0.2, 0.25) is 0 Å². The molecule has 2 rings (SSSR count). The molecule has 2 aromatic rings. The summed E-state index contributed by atoms with van der Waals surface area (Å²) in [4.78, 5) is 0. The zero-order chi connectivity index (χ0) is 13.0. The van der Waals surface area contributed by atoms with E-state index >= 15 is 0 Å². The Bertz CT molecular complexity index is 557. The molecule has 0 aliphatic carbocycles. The molecule has 0 heterocycles. The third kappa shape index (κ3) is 3.18. The molecule has 2 aromatic carbocycles. The maximum atomic E-state index is 13.4. The molecule has 0 aliphatic rings. The number of para-hydroxylation sites is 1. The molecule has 0 radical (unpaired) electrons. The Hall–Kier alpha value is -2.14. The van der Waals surface area contributed by atoms with Gasteiger partial charge in [0, 0.05) is 5.69 Å². The Morgan fingerprint density at radius 2 is 1.67 bits per heavy atom. The van der Waals surface area contributed by atoms with Crippen molar-refractivity contribution >= 4 is 28.7 Å². The number of rotatable bonds is 2. The van der Waals surface area contributed by atoms with Gasteiger partial charge in [-0.05, 0) is 48.6 Å². The summed E-state index contributed by atoms with van der Waals surface area (Å²) in [5, 5.41) is 15.1. The van der Waals surface area contributed by atoms with Crippen molar-refractivity contribution in [2.75, 3.05) is 10.6 Å². The fraction of sp³-hybridized carbons (Fsp3) is 0. The van der Waals surface area contributed by atoms with Crippen molar-refractivity contribution in [1.82, 2.24) is 0 Å². The summed E-state index contributed by atoms with van der Waals surface area (Å²) in [5.41, 5.74) is 1.02. The van der Waals surface area contributed by atoms with Crippen molar-refractivity contribution in [3.05, 3.63) is 54.3 Å². The average molecular weight is 262 g/mol. The molecule has 3 N–H and O–H groups in total. The smallest absolute Gasteiger partial charge is 0.175 e. The number of anilines is 2. The fourth-order valence-electron chi connectivity index (χ4n) is 1.39. The van der Waals surface area contributed by atoms with Gasteiger partial charge < -0.3 is 15.7 Å². The molecule has 0 spiro atoms. The molecule has 0 amide bonds. The van der Waals surface area contributed by atoms with Crippen LogP contribution in [0.4, 0.5) is 15.8 Å². The molecule has 0 fully saturated rings. The van der Waals surface area contributed by atoms with E-state index in [9.17, 15) is 4.39 Å². The van der Waals surface area contributed by atoms with E-state index in [1.807, 2.05) is 0 Å². The minimum atomic E-state index is -0.368. The predicted octanol–water partition coefficient (Wildman–Crippen LogP) is 3.34. The SMILES string of the molecule is Oc1ccc(NC(=S)Nc2ccccc2F)cc1. The number of benzene rings is 2. The van der Waals surface area contributed by atoms with Gasteiger partial charge in [0.2, 0.25) is 0 Å². The minimum Gasteiger partial charge on any atom is -0.508 e. The van der Waals surface area contributed by atoms with E-state index in [0.717, 1.165) is 0 Å². The van der Waals surface area contributed by atoms with Crippen molar-refractivity contribution in [3.8, 4) is 5.75 Å². The second-order valence-corrected chi connectivity index (χ2v) is 4.01. The zero-order valence-electron chi connectivity index (χ0n) is 9.35. The topological polar surface area (TPSA) is 44.3 Å². The van der Waals surface area contributed by atoms with E-state index in [4.69, 9.17) is 17.3 Å². The van der Waals surface area contributed by atoms with E-state index in [0.29, 0.717) is 11.4 Å². The molecule has 92 valence electrons. The number of halogens is 1. The van der Waals surface area contributed by atoms with Crippen LogP contribution >= 0.6 is 12.2 Å². The lowest BCUT2D eigenvalue weighted by atomic mass is 10.3. The highest BCUT2D eigenvalue weighted by atomic mass is 32.1. The summed E-state index contributed by atoms with van der Waals surface area (Å²) in [7, 11) is 0. The Morgan fingerprint density at radius 1 is 1.00 bits per heavy atom. The number of hydrogen-bond donors (Lipinski definition) is 3. The van der Waals surface area contributed by atoms with Gasteiger partial charge in [-0.2, -0.15) is 0 Å². The van der Waals surface area contributed by atoms with Crippen LogP contribution in [0.25, 0.3) is 0 Å². The van der Waals surface area contributed by atoms with Gasteiger partial charge in [0.25, 0.3) is 0 Å². The molecule has 0 aliphatic heterocycles. The lowest BCUT2D eigenvalue weighted by molar-refractivity contribution is 0.475. The van der Waals surface area contributed by atoms with Crippen LogP contribution in [0.1, 0.15) is 0 Å². The molecular weight excluding hydrogens is 251 g/mol. The van der Waals surface area contributed by atoms with Gasteiger partial charge in [-0.3, -0.25) is 0 Å². The Morgan fingerprint density at radius 3 is 2.33 bits per heavy atom. The quantitative estimate of drug-likeness (QED) is 0.573. The molecule has 5 heteroatoms. The van der Waals surface area contributed by atoms with Crippen LogP contribution in [-0.4, -0.2) is 10.2 Å². The van der Waals surface area contributed by atoms with Crippen LogP contribution < -0.4 is 10.6 Å². The van der Waals surface area contributed by atoms with Gasteiger partial charge in [0.05, 0.1) is 5.69 Å². The second kappa shape index (κ2) is 5.46. The van der Waals surface area contributed by atoms with Gasteiger partial charge in [-0.1, -0.05) is 12.1 Å². The Balaban J connectivity index is 2.01. The minimum absolute atomic E-state index is 0.175. The van der Waals surface area contributed by atoms with Crippen molar-refractivity contribution in [2.45, 2.75) is 0 Å². The first-order valence-electron chi connectivity index (χ1n) is 5.27. The summed E-state index contributed by atoms with van der Waals surface area (Å²) in [6.45, 7) is 0. The Labute approximate surface area is 109 Å². The molecule has 0 aromatic heterocycles. The number of phenols is 1. The molecule has 0 atom stereocenters. The van der Waals surface area contributed by atoms with E-state index in [-0.39, 0.29) is 16.7 Å². The second-order valence-electron chi connectivity index (χ2n) is 3.61. The van der Waals surface area contributed by atoms with Crippen LogP contribution in [-0.2, 0) is 0 Å². The lowest BCUT2D eigenvalue weighted by Crippen LogP contribution is -2.19. The number of aromatic hydroxyl groups is 1. The van der Waals surface area contributed by atoms with E-state index in [1.165, 1.54) is 18.2 Å². The van der Waals surface area contributed by atoms with E-state index in [2.05, 4.69) is 10.6 Å². The first kappa shape index (κ1) is 12.3. The van der Waals surface area contributed by atoms with Gasteiger partial charge >= 0.3 is 0 Å². The summed E-state index contributed by atoms with van der Waals surface area (Å²) in [5.74, 6) is -0.194. The third-order valence-corrected chi connectivity index (χ3v) is 2.45. The van der Waals surface area contributed by atoms with E-state index in [1.54, 1.807) is 30.3 Å². The standard InChI is InChI=1S/C13H11FN2OS/c14-11-3-1-2-4-12(11)16-13(18)15-9-5-7-10(17)8-6-9/h1-8,17H,(H2,15,16,18). The molecule has 3 nitrogen and oxygen atoms in total. The summed E-state index contributed by atoms with van der Waals surface area (Å²) < 4.78 is 13.4. The molecule has 0 unspecified atom stereocenters. The predicted molar refractivity (Wildman–Crippen MR) is 74.4 cm³/mol. The van der Waals surface area contributed by atoms with Crippen molar-refractivity contribution < 1.29 is 9.50 Å². The molecule has 18 heavy (non-hydrogen) atoms. The molecule has 0 saturated heterocycles. The maximum Gasteiger partial charge on any atom is 0.175 e. The number of thiocarbonyl (C=S) groups is 1. The number of hydrogen-bond acceptors (Lipinski definition) is 2. The highest BCUT2D eigenvalue weighted by Gasteiger charge is 2.03. The summed E-state index contributed by atoms with van der Waals surface area (Å²) in [6, 6.07) is 12.7. The maximum absolute atomic E-state index is 13.4. The van der Waals surface area contributed by atoms with Gasteiger partial charge in [0.1, 0.15) is 11.6 Å². The lowest BCUT2D eigenvalue weighted by Gasteiger charge is -2.11. The largest absolute Gasteiger partial charge is 0.508 e. The average Bonchev–Trinajstić information content (AvgIpc) is 2.35. The third-order valence-electron chi connectivity index (χ3n) is 2.25. The van der Waals surface area contributed by atoms with Crippen LogP contribution in [0.15, 0.2) is 48.5 Å². The van der Waals surface area contributed by atoms with Gasteiger partial charge in [0.15, 0.2) is 5.11 Å². The van der Waals surface area contributed by atoms with Gasteiger partial charge in [-0.15, -0.1) is 0 Å². The fourth-order valence-corrected chi connectivity index (χ4v) is 1.62. The number of nitrogens with one attached hydrogen (secondary N) is 2. The number of phenolic OH excluding ortho intramolecular Hbond substituents is 1. The highest BCUT2D eigenvalue weighted by Crippen LogP contribution is 2.15. The molecule has 0 saturated carbocycles. The summed E-state index contributed by atoms with van der Waals surface area (Å²) in [6.07, 6.45) is 0. The van der Waals surface area contributed by atoms with Crippen LogP contribution in [0.5, 0.6) is 5.75 Å². The van der Waals surface area contributed by atoms with Gasteiger partial charge in [-0.25, -0.2) is 4.39 Å². The van der Waals surface area contributed by atoms with Crippen LogP contribution in [0, 0.1) is 5.82 Å². The summed E-state index contributed by atoms with van der Waals surface area (Å²) >= 11 is 5.06. The normalized spacial score (nSPS) is 9.83. The van der Waals surface area contributed by atoms with Crippen LogP contribution in [0.3, 0.4) is 0 Å². The van der Waals surface area contributed by atoms with E-state index < -0.39 is 0 Å². The molecule has 0 bridgehead atoms. The highest BCUT2D eigenvalue weighted by molar-refractivity contribution is 7.80. The first-order valence-corrected chi connectivity index (χ1v) is 5.67.